The summed E-state index contributed by atoms with van der Waals surface area (Å²) in [6.07, 6.45) is 3.71. The summed E-state index contributed by atoms with van der Waals surface area (Å²) in [5.74, 6) is 0. The third kappa shape index (κ3) is 2.36. The predicted molar refractivity (Wildman–Crippen MR) is 80.5 cm³/mol. The minimum absolute atomic E-state index is 0.0307. The summed E-state index contributed by atoms with van der Waals surface area (Å²) in [6, 6.07) is 15.0. The van der Waals surface area contributed by atoms with Gasteiger partial charge in [-0.3, -0.25) is 0 Å². The van der Waals surface area contributed by atoms with E-state index in [1.807, 2.05) is 7.05 Å². The highest BCUT2D eigenvalue weighted by atomic mass is 14.8. The molecule has 0 aromatic heterocycles. The number of nitrogens with one attached hydrogen (secondary N) is 1. The van der Waals surface area contributed by atoms with Crippen LogP contribution in [0.2, 0.25) is 0 Å². The normalized spacial score (nSPS) is 15.1. The predicted octanol–water partition coefficient (Wildman–Crippen LogP) is 3.27. The minimum Gasteiger partial charge on any atom is -0.388 e. The van der Waals surface area contributed by atoms with Gasteiger partial charge in [0.2, 0.25) is 0 Å². The Bertz CT molecular complexity index is 572. The van der Waals surface area contributed by atoms with Crippen molar-refractivity contribution < 1.29 is 0 Å². The van der Waals surface area contributed by atoms with Gasteiger partial charge in [-0.25, -0.2) is 0 Å². The van der Waals surface area contributed by atoms with Gasteiger partial charge in [0.05, 0.1) is 6.04 Å². The van der Waals surface area contributed by atoms with Gasteiger partial charge in [0, 0.05) is 12.7 Å². The molecule has 98 valence electrons. The van der Waals surface area contributed by atoms with Crippen LogP contribution in [-0.4, -0.2) is 7.05 Å². The molecule has 0 saturated heterocycles. The van der Waals surface area contributed by atoms with Crippen molar-refractivity contribution in [3.63, 3.8) is 0 Å². The zero-order chi connectivity index (χ0) is 13.2. The Balaban J connectivity index is 1.88. The summed E-state index contributed by atoms with van der Waals surface area (Å²) in [5, 5.41) is 3.13. The standard InChI is InChI=1S/C17H20N2/c1-19-16-9-7-13(8-10-16)17(18)15-6-5-12-3-2-4-14(12)11-15/h5-11,17,19H,2-4,18H2,1H3. The summed E-state index contributed by atoms with van der Waals surface area (Å²) < 4.78 is 0. The number of aryl methyl sites for hydroxylation is 2. The monoisotopic (exact) mass is 252 g/mol. The van der Waals surface area contributed by atoms with Crippen molar-refractivity contribution in [1.29, 1.82) is 0 Å². The molecule has 0 bridgehead atoms. The summed E-state index contributed by atoms with van der Waals surface area (Å²) >= 11 is 0. The van der Waals surface area contributed by atoms with E-state index in [0.717, 1.165) is 11.3 Å². The van der Waals surface area contributed by atoms with Crippen molar-refractivity contribution >= 4 is 5.69 Å². The Morgan fingerprint density at radius 2 is 1.63 bits per heavy atom. The van der Waals surface area contributed by atoms with Crippen LogP contribution in [0.1, 0.15) is 34.7 Å². The molecular formula is C17H20N2. The van der Waals surface area contributed by atoms with Gasteiger partial charge in [0.1, 0.15) is 0 Å². The Labute approximate surface area is 114 Å². The first kappa shape index (κ1) is 12.2. The summed E-state index contributed by atoms with van der Waals surface area (Å²) in [5.41, 5.74) is 12.9. The Morgan fingerprint density at radius 1 is 0.947 bits per heavy atom. The van der Waals surface area contributed by atoms with Crippen molar-refractivity contribution in [3.8, 4) is 0 Å². The van der Waals surface area contributed by atoms with Gasteiger partial charge in [0.25, 0.3) is 0 Å². The molecule has 2 nitrogen and oxygen atoms in total. The molecule has 0 saturated carbocycles. The van der Waals surface area contributed by atoms with Gasteiger partial charge in [-0.15, -0.1) is 0 Å². The van der Waals surface area contributed by atoms with Gasteiger partial charge in [-0.1, -0.05) is 30.3 Å². The number of hydrogen-bond donors (Lipinski definition) is 2. The van der Waals surface area contributed by atoms with Crippen LogP contribution in [0.4, 0.5) is 5.69 Å². The molecule has 2 aromatic carbocycles. The lowest BCUT2D eigenvalue weighted by Gasteiger charge is -2.14. The molecule has 2 aromatic rings. The third-order valence-electron chi connectivity index (χ3n) is 4.04. The fourth-order valence-corrected chi connectivity index (χ4v) is 2.83. The molecule has 0 spiro atoms. The van der Waals surface area contributed by atoms with Crippen LogP contribution in [0.25, 0.3) is 0 Å². The first-order chi connectivity index (χ1) is 9.28. The number of fused-ring (bicyclic) bond motifs is 1. The molecule has 1 unspecified atom stereocenters. The smallest absolute Gasteiger partial charge is 0.0551 e. The fraction of sp³-hybridized carbons (Fsp3) is 0.294. The average molecular weight is 252 g/mol. The van der Waals surface area contributed by atoms with Crippen molar-refractivity contribution in [2.75, 3.05) is 12.4 Å². The topological polar surface area (TPSA) is 38.0 Å². The van der Waals surface area contributed by atoms with Gasteiger partial charge < -0.3 is 11.1 Å². The first-order valence-electron chi connectivity index (χ1n) is 6.93. The largest absolute Gasteiger partial charge is 0.388 e. The van der Waals surface area contributed by atoms with Crippen molar-refractivity contribution in [2.45, 2.75) is 25.3 Å². The van der Waals surface area contributed by atoms with Crippen LogP contribution < -0.4 is 11.1 Å². The van der Waals surface area contributed by atoms with Crippen LogP contribution in [0, 0.1) is 0 Å². The molecule has 1 aliphatic rings. The lowest BCUT2D eigenvalue weighted by atomic mass is 9.96. The van der Waals surface area contributed by atoms with E-state index in [1.165, 1.54) is 36.0 Å². The lowest BCUT2D eigenvalue weighted by molar-refractivity contribution is 0.867. The molecule has 0 radical (unpaired) electrons. The molecule has 0 heterocycles. The molecule has 0 aliphatic heterocycles. The highest BCUT2D eigenvalue weighted by Gasteiger charge is 2.14. The van der Waals surface area contributed by atoms with E-state index < -0.39 is 0 Å². The highest BCUT2D eigenvalue weighted by molar-refractivity contribution is 5.46. The fourth-order valence-electron chi connectivity index (χ4n) is 2.83. The number of rotatable bonds is 3. The highest BCUT2D eigenvalue weighted by Crippen LogP contribution is 2.27. The van der Waals surface area contributed by atoms with E-state index >= 15 is 0 Å². The van der Waals surface area contributed by atoms with E-state index in [4.69, 9.17) is 5.73 Å². The summed E-state index contributed by atoms with van der Waals surface area (Å²) in [4.78, 5) is 0. The SMILES string of the molecule is CNc1ccc(C(N)c2ccc3c(c2)CCC3)cc1. The molecule has 1 aliphatic carbocycles. The maximum atomic E-state index is 6.38. The summed E-state index contributed by atoms with van der Waals surface area (Å²) in [7, 11) is 1.93. The van der Waals surface area contributed by atoms with Gasteiger partial charge in [-0.05, 0) is 53.6 Å². The van der Waals surface area contributed by atoms with E-state index in [-0.39, 0.29) is 6.04 Å². The third-order valence-corrected chi connectivity index (χ3v) is 4.04. The molecule has 0 amide bonds. The maximum absolute atomic E-state index is 6.38. The number of benzene rings is 2. The second-order valence-electron chi connectivity index (χ2n) is 5.23. The van der Waals surface area contributed by atoms with Crippen LogP contribution in [-0.2, 0) is 12.8 Å². The molecule has 0 fully saturated rings. The lowest BCUT2D eigenvalue weighted by Crippen LogP contribution is -2.12. The van der Waals surface area contributed by atoms with E-state index in [1.54, 1.807) is 0 Å². The zero-order valence-electron chi connectivity index (χ0n) is 11.3. The summed E-state index contributed by atoms with van der Waals surface area (Å²) in [6.45, 7) is 0. The first-order valence-corrected chi connectivity index (χ1v) is 6.93. The van der Waals surface area contributed by atoms with Crippen LogP contribution in [0.5, 0.6) is 0 Å². The average Bonchev–Trinajstić information content (AvgIpc) is 2.94. The van der Waals surface area contributed by atoms with Gasteiger partial charge in [-0.2, -0.15) is 0 Å². The van der Waals surface area contributed by atoms with E-state index in [0.29, 0.717) is 0 Å². The molecule has 19 heavy (non-hydrogen) atoms. The molecule has 1 atom stereocenters. The molecular weight excluding hydrogens is 232 g/mol. The maximum Gasteiger partial charge on any atom is 0.0551 e. The van der Waals surface area contributed by atoms with Crippen molar-refractivity contribution in [1.82, 2.24) is 0 Å². The van der Waals surface area contributed by atoms with Crippen molar-refractivity contribution in [3.05, 3.63) is 64.7 Å². The number of anilines is 1. The Kier molecular flexibility index (Phi) is 3.26. The molecule has 3 N–H and O–H groups in total. The van der Waals surface area contributed by atoms with Crippen molar-refractivity contribution in [2.24, 2.45) is 5.73 Å². The number of hydrogen-bond acceptors (Lipinski definition) is 2. The van der Waals surface area contributed by atoms with E-state index in [9.17, 15) is 0 Å². The van der Waals surface area contributed by atoms with Crippen LogP contribution >= 0.6 is 0 Å². The van der Waals surface area contributed by atoms with Gasteiger partial charge >= 0.3 is 0 Å². The number of nitrogens with two attached hydrogens (primary N) is 1. The van der Waals surface area contributed by atoms with Gasteiger partial charge in [0.15, 0.2) is 0 Å². The zero-order valence-corrected chi connectivity index (χ0v) is 11.3. The Morgan fingerprint density at radius 3 is 2.37 bits per heavy atom. The quantitative estimate of drug-likeness (QED) is 0.880. The molecule has 2 heteroatoms. The second kappa shape index (κ2) is 5.06. The minimum atomic E-state index is -0.0307. The Hall–Kier alpha value is -1.80. The van der Waals surface area contributed by atoms with Crippen LogP contribution in [0.15, 0.2) is 42.5 Å². The van der Waals surface area contributed by atoms with E-state index in [2.05, 4.69) is 47.8 Å². The van der Waals surface area contributed by atoms with Crippen LogP contribution in [0.3, 0.4) is 0 Å². The molecule has 3 rings (SSSR count). The second-order valence-corrected chi connectivity index (χ2v) is 5.23.